The van der Waals surface area contributed by atoms with Gasteiger partial charge in [0.1, 0.15) is 0 Å². The second kappa shape index (κ2) is 5.11. The molecule has 0 saturated carbocycles. The van der Waals surface area contributed by atoms with Crippen molar-refractivity contribution in [2.45, 2.75) is 19.1 Å². The van der Waals surface area contributed by atoms with E-state index in [1.807, 2.05) is 0 Å². The number of alkyl halides is 6. The Hall–Kier alpha value is -1.71. The Kier molecular flexibility index (Phi) is 4.13. The van der Waals surface area contributed by atoms with Crippen LogP contribution in [0.2, 0.25) is 0 Å². The van der Waals surface area contributed by atoms with Crippen LogP contribution in [0.1, 0.15) is 11.1 Å². The zero-order valence-corrected chi connectivity index (χ0v) is 9.26. The summed E-state index contributed by atoms with van der Waals surface area (Å²) in [6.07, 6.45) is -10.2. The van der Waals surface area contributed by atoms with E-state index < -0.39 is 42.0 Å². The number of aromatic nitrogens is 1. The van der Waals surface area contributed by atoms with E-state index in [4.69, 9.17) is 5.11 Å². The lowest BCUT2D eigenvalue weighted by Crippen LogP contribution is -2.21. The first kappa shape index (κ1) is 15.3. The van der Waals surface area contributed by atoms with E-state index in [1.54, 1.807) is 0 Å². The molecule has 0 bridgehead atoms. The van der Waals surface area contributed by atoms with Gasteiger partial charge >= 0.3 is 12.5 Å². The van der Waals surface area contributed by atoms with Crippen molar-refractivity contribution in [3.8, 4) is 11.8 Å². The summed E-state index contributed by atoms with van der Waals surface area (Å²) < 4.78 is 81.8. The lowest BCUT2D eigenvalue weighted by molar-refractivity contribution is -0.276. The van der Waals surface area contributed by atoms with Crippen LogP contribution < -0.4 is 9.47 Å². The molecule has 1 rings (SSSR count). The molecule has 1 N–H and O–H groups in total. The van der Waals surface area contributed by atoms with Crippen molar-refractivity contribution in [1.82, 2.24) is 4.98 Å². The van der Waals surface area contributed by atoms with Crippen LogP contribution in [0.5, 0.6) is 11.8 Å². The molecule has 0 fully saturated rings. The van der Waals surface area contributed by atoms with Crippen molar-refractivity contribution in [2.24, 2.45) is 0 Å². The van der Waals surface area contributed by atoms with Gasteiger partial charge in [-0.1, -0.05) is 0 Å². The molecular weight excluding hydrogens is 284 g/mol. The highest BCUT2D eigenvalue weighted by Crippen LogP contribution is 2.38. The van der Waals surface area contributed by atoms with E-state index >= 15 is 0 Å². The van der Waals surface area contributed by atoms with E-state index in [1.165, 1.54) is 0 Å². The second-order valence-corrected chi connectivity index (χ2v) is 3.20. The molecule has 1 aromatic heterocycles. The maximum atomic E-state index is 12.6. The molecule has 0 spiro atoms. The highest BCUT2D eigenvalue weighted by molar-refractivity contribution is 5.40. The molecule has 0 atom stereocenters. The number of pyridine rings is 1. The molecular formula is C9H7F6NO3. The number of nitrogens with zero attached hydrogens (tertiary/aromatic N) is 1. The Morgan fingerprint density at radius 2 is 1.79 bits per heavy atom. The first-order chi connectivity index (χ1) is 8.58. The van der Waals surface area contributed by atoms with E-state index in [0.29, 0.717) is 6.07 Å². The minimum atomic E-state index is -5.24. The van der Waals surface area contributed by atoms with Crippen molar-refractivity contribution < 1.29 is 40.9 Å². The van der Waals surface area contributed by atoms with Gasteiger partial charge in [0.2, 0.25) is 11.8 Å². The Morgan fingerprint density at radius 3 is 2.16 bits per heavy atom. The van der Waals surface area contributed by atoms with Gasteiger partial charge in [0.15, 0.2) is 0 Å². The zero-order valence-electron chi connectivity index (χ0n) is 9.26. The molecule has 4 nitrogen and oxygen atoms in total. The molecule has 1 heterocycles. The molecule has 0 amide bonds. The van der Waals surface area contributed by atoms with Crippen molar-refractivity contribution in [3.05, 3.63) is 17.2 Å². The summed E-state index contributed by atoms with van der Waals surface area (Å²) in [5.74, 6) is -2.12. The van der Waals surface area contributed by atoms with Crippen LogP contribution in [0.3, 0.4) is 0 Å². The number of aliphatic hydroxyl groups excluding tert-OH is 1. The number of halogens is 6. The standard InChI is InChI=1S/C9H7F6NO3/c1-18-6-2-5(8(10,11)12)4(3-17)7(16-6)19-9(13,14)15/h2,17H,3H2,1H3. The van der Waals surface area contributed by atoms with Crippen LogP contribution in [-0.2, 0) is 12.8 Å². The van der Waals surface area contributed by atoms with Crippen LogP contribution in [0.4, 0.5) is 26.3 Å². The Morgan fingerprint density at radius 1 is 1.21 bits per heavy atom. The van der Waals surface area contributed by atoms with Gasteiger partial charge in [-0.25, -0.2) is 0 Å². The van der Waals surface area contributed by atoms with Crippen LogP contribution in [0, 0.1) is 0 Å². The average molecular weight is 291 g/mol. The van der Waals surface area contributed by atoms with Crippen molar-refractivity contribution in [3.63, 3.8) is 0 Å². The lowest BCUT2D eigenvalue weighted by atomic mass is 10.1. The van der Waals surface area contributed by atoms with E-state index in [9.17, 15) is 26.3 Å². The molecule has 0 aliphatic rings. The quantitative estimate of drug-likeness (QED) is 0.869. The number of hydrogen-bond donors (Lipinski definition) is 1. The zero-order chi connectivity index (χ0) is 14.8. The minimum absolute atomic E-state index is 0.370. The van der Waals surface area contributed by atoms with Gasteiger partial charge in [0.05, 0.1) is 24.8 Å². The molecule has 0 aromatic carbocycles. The molecule has 0 unspecified atom stereocenters. The van der Waals surface area contributed by atoms with Crippen molar-refractivity contribution in [1.29, 1.82) is 0 Å². The maximum absolute atomic E-state index is 12.6. The van der Waals surface area contributed by atoms with Gasteiger partial charge in [0, 0.05) is 6.07 Å². The van der Waals surface area contributed by atoms with Crippen LogP contribution in [-0.4, -0.2) is 23.6 Å². The SMILES string of the molecule is COc1cc(C(F)(F)F)c(CO)c(OC(F)(F)F)n1. The van der Waals surface area contributed by atoms with E-state index in [-0.39, 0.29) is 0 Å². The number of aliphatic hydroxyl groups is 1. The molecule has 0 radical (unpaired) electrons. The van der Waals surface area contributed by atoms with Crippen LogP contribution >= 0.6 is 0 Å². The molecule has 19 heavy (non-hydrogen) atoms. The third-order valence-corrected chi connectivity index (χ3v) is 1.95. The number of rotatable bonds is 3. The third kappa shape index (κ3) is 3.88. The fourth-order valence-corrected chi connectivity index (χ4v) is 1.23. The van der Waals surface area contributed by atoms with Crippen LogP contribution in [0.25, 0.3) is 0 Å². The summed E-state index contributed by atoms with van der Waals surface area (Å²) in [6.45, 7) is -1.32. The van der Waals surface area contributed by atoms with Gasteiger partial charge < -0.3 is 14.6 Å². The molecule has 0 aliphatic heterocycles. The normalized spacial score (nSPS) is 12.4. The van der Waals surface area contributed by atoms with E-state index in [2.05, 4.69) is 14.5 Å². The first-order valence-electron chi connectivity index (χ1n) is 4.60. The number of hydrogen-bond acceptors (Lipinski definition) is 4. The Labute approximate surface area is 102 Å². The monoisotopic (exact) mass is 291 g/mol. The lowest BCUT2D eigenvalue weighted by Gasteiger charge is -2.17. The smallest absolute Gasteiger partial charge is 0.481 e. The van der Waals surface area contributed by atoms with Crippen LogP contribution in [0.15, 0.2) is 6.07 Å². The predicted molar refractivity (Wildman–Crippen MR) is 48.4 cm³/mol. The fraction of sp³-hybridized carbons (Fsp3) is 0.444. The molecule has 0 aliphatic carbocycles. The Balaban J connectivity index is 3.44. The number of methoxy groups -OCH3 is 1. The van der Waals surface area contributed by atoms with Gasteiger partial charge in [0.25, 0.3) is 0 Å². The average Bonchev–Trinajstić information content (AvgIpc) is 2.24. The maximum Gasteiger partial charge on any atom is 0.574 e. The predicted octanol–water partition coefficient (Wildman–Crippen LogP) is 2.50. The summed E-state index contributed by atoms with van der Waals surface area (Å²) >= 11 is 0. The van der Waals surface area contributed by atoms with Crippen molar-refractivity contribution in [2.75, 3.05) is 7.11 Å². The van der Waals surface area contributed by atoms with Gasteiger partial charge in [-0.05, 0) is 0 Å². The highest BCUT2D eigenvalue weighted by atomic mass is 19.4. The van der Waals surface area contributed by atoms with Gasteiger partial charge in [-0.2, -0.15) is 18.2 Å². The summed E-state index contributed by atoms with van der Waals surface area (Å²) in [4.78, 5) is 3.10. The molecule has 1 aromatic rings. The van der Waals surface area contributed by atoms with Crippen molar-refractivity contribution >= 4 is 0 Å². The van der Waals surface area contributed by atoms with Gasteiger partial charge in [-0.15, -0.1) is 13.2 Å². The van der Waals surface area contributed by atoms with Gasteiger partial charge in [-0.3, -0.25) is 0 Å². The molecule has 10 heteroatoms. The largest absolute Gasteiger partial charge is 0.574 e. The molecule has 0 saturated heterocycles. The second-order valence-electron chi connectivity index (χ2n) is 3.20. The summed E-state index contributed by atoms with van der Waals surface area (Å²) in [5.41, 5.74) is -2.63. The fourth-order valence-electron chi connectivity index (χ4n) is 1.23. The summed E-state index contributed by atoms with van der Waals surface area (Å²) in [7, 11) is 0.929. The molecule has 108 valence electrons. The first-order valence-corrected chi connectivity index (χ1v) is 4.60. The van der Waals surface area contributed by atoms with E-state index in [0.717, 1.165) is 7.11 Å². The summed E-state index contributed by atoms with van der Waals surface area (Å²) in [6, 6.07) is 0.370. The number of ether oxygens (including phenoxy) is 2. The topological polar surface area (TPSA) is 51.6 Å². The summed E-state index contributed by atoms with van der Waals surface area (Å²) in [5, 5.41) is 8.79. The third-order valence-electron chi connectivity index (χ3n) is 1.95. The minimum Gasteiger partial charge on any atom is -0.481 e. The highest BCUT2D eigenvalue weighted by Gasteiger charge is 2.39. The Bertz CT molecular complexity index is 456.